The highest BCUT2D eigenvalue weighted by molar-refractivity contribution is 8.00. The Morgan fingerprint density at radius 1 is 1.55 bits per heavy atom. The van der Waals surface area contributed by atoms with Crippen LogP contribution in [-0.2, 0) is 16.4 Å². The number of thioether (sulfide) groups is 1. The number of pyridine rings is 1. The van der Waals surface area contributed by atoms with Gasteiger partial charge in [-0.3, -0.25) is 9.88 Å². The zero-order chi connectivity index (χ0) is 14.8. The predicted octanol–water partition coefficient (Wildman–Crippen LogP) is 0.699. The molecule has 1 atom stereocenters. The van der Waals surface area contributed by atoms with Crippen LogP contribution in [-0.4, -0.2) is 59.1 Å². The molecule has 1 aliphatic rings. The molecule has 110 valence electrons. The maximum atomic E-state index is 11.8. The van der Waals surface area contributed by atoms with Crippen molar-refractivity contribution in [3.63, 3.8) is 0 Å². The van der Waals surface area contributed by atoms with E-state index in [1.54, 1.807) is 17.8 Å². The van der Waals surface area contributed by atoms with Crippen LogP contribution in [0.25, 0.3) is 0 Å². The molecule has 0 aromatic carbocycles. The van der Waals surface area contributed by atoms with Gasteiger partial charge in [0.05, 0.1) is 11.3 Å². The van der Waals surface area contributed by atoms with E-state index in [1.165, 1.54) is 18.5 Å². The Morgan fingerprint density at radius 2 is 2.30 bits per heavy atom. The molecule has 1 aromatic heterocycles. The topological polar surface area (TPSA) is 87.6 Å². The van der Waals surface area contributed by atoms with Crippen LogP contribution in [0.1, 0.15) is 16.1 Å². The number of rotatable bonds is 4. The van der Waals surface area contributed by atoms with E-state index >= 15 is 0 Å². The lowest BCUT2D eigenvalue weighted by atomic mass is 10.2. The maximum Gasteiger partial charge on any atom is 0.337 e. The van der Waals surface area contributed by atoms with Crippen molar-refractivity contribution in [3.05, 3.63) is 29.6 Å². The van der Waals surface area contributed by atoms with Crippen molar-refractivity contribution in [2.24, 2.45) is 0 Å². The van der Waals surface area contributed by atoms with Crippen LogP contribution in [0.2, 0.25) is 0 Å². The molecule has 2 rings (SSSR count). The Kier molecular flexibility index (Phi) is 4.66. The second-order valence-electron chi connectivity index (χ2n) is 4.67. The van der Waals surface area contributed by atoms with Crippen molar-refractivity contribution >= 4 is 27.6 Å². The minimum Gasteiger partial charge on any atom is -0.478 e. The van der Waals surface area contributed by atoms with E-state index < -0.39 is 21.2 Å². The zero-order valence-electron chi connectivity index (χ0n) is 11.0. The number of carboxylic acids is 1. The van der Waals surface area contributed by atoms with Gasteiger partial charge in [-0.05, 0) is 12.1 Å². The Morgan fingerprint density at radius 3 is 2.85 bits per heavy atom. The fraction of sp³-hybridized carbons (Fsp3) is 0.500. The second kappa shape index (κ2) is 6.11. The molecular formula is C12H16N2O4S2. The number of hydrogen-bond acceptors (Lipinski definition) is 6. The molecule has 1 unspecified atom stereocenters. The summed E-state index contributed by atoms with van der Waals surface area (Å²) >= 11 is 1.63. The van der Waals surface area contributed by atoms with Crippen LogP contribution in [0.3, 0.4) is 0 Å². The van der Waals surface area contributed by atoms with Crippen LogP contribution < -0.4 is 0 Å². The normalized spacial score (nSPS) is 20.8. The summed E-state index contributed by atoms with van der Waals surface area (Å²) in [6.45, 7) is 1.10. The molecule has 1 aromatic rings. The fourth-order valence-electron chi connectivity index (χ4n) is 2.04. The number of hydrogen-bond donors (Lipinski definition) is 1. The van der Waals surface area contributed by atoms with E-state index in [0.717, 1.165) is 5.75 Å². The zero-order valence-corrected chi connectivity index (χ0v) is 12.7. The van der Waals surface area contributed by atoms with Crippen LogP contribution in [0.4, 0.5) is 0 Å². The highest BCUT2D eigenvalue weighted by Gasteiger charge is 2.31. The predicted molar refractivity (Wildman–Crippen MR) is 77.6 cm³/mol. The Hall–Kier alpha value is -1.12. The summed E-state index contributed by atoms with van der Waals surface area (Å²) in [4.78, 5) is 16.7. The summed E-state index contributed by atoms with van der Waals surface area (Å²) in [7, 11) is -3.13. The minimum atomic E-state index is -3.13. The van der Waals surface area contributed by atoms with Gasteiger partial charge in [-0.1, -0.05) is 0 Å². The third kappa shape index (κ3) is 3.71. The van der Waals surface area contributed by atoms with E-state index in [2.05, 4.69) is 4.98 Å². The number of aromatic carboxylic acids is 1. The lowest BCUT2D eigenvalue weighted by Crippen LogP contribution is -2.46. The fourth-order valence-corrected chi connectivity index (χ4v) is 4.98. The summed E-state index contributed by atoms with van der Waals surface area (Å²) in [5.41, 5.74) is 0.804. The molecule has 0 radical (unpaired) electrons. The molecule has 6 nitrogen and oxygen atoms in total. The summed E-state index contributed by atoms with van der Waals surface area (Å²) in [5.74, 6) is 0.429. The standard InChI is InChI=1S/C12H16N2O4S2/c1-20(17,18)11-8-19-5-4-14(11)7-10-3-2-9(6-13-10)12(15)16/h2-3,6,11H,4-5,7-8H2,1H3,(H,15,16). The number of sulfone groups is 1. The first-order chi connectivity index (χ1) is 9.38. The van der Waals surface area contributed by atoms with Crippen molar-refractivity contribution in [2.75, 3.05) is 24.3 Å². The minimum absolute atomic E-state index is 0.127. The highest BCUT2D eigenvalue weighted by Crippen LogP contribution is 2.21. The Bertz CT molecular complexity index is 586. The molecule has 0 aliphatic carbocycles. The monoisotopic (exact) mass is 316 g/mol. The number of aromatic nitrogens is 1. The largest absolute Gasteiger partial charge is 0.478 e. The maximum absolute atomic E-state index is 11.8. The first-order valence-electron chi connectivity index (χ1n) is 6.07. The molecule has 1 aliphatic heterocycles. The molecular weight excluding hydrogens is 300 g/mol. The summed E-state index contributed by atoms with van der Waals surface area (Å²) in [5, 5.41) is 8.32. The van der Waals surface area contributed by atoms with E-state index in [4.69, 9.17) is 5.11 Å². The third-order valence-corrected chi connectivity index (χ3v) is 5.81. The van der Waals surface area contributed by atoms with Crippen molar-refractivity contribution in [3.8, 4) is 0 Å². The highest BCUT2D eigenvalue weighted by atomic mass is 32.2. The molecule has 0 amide bonds. The lowest BCUT2D eigenvalue weighted by Gasteiger charge is -2.33. The molecule has 0 saturated carbocycles. The van der Waals surface area contributed by atoms with Gasteiger partial charge in [-0.15, -0.1) is 0 Å². The molecule has 20 heavy (non-hydrogen) atoms. The third-order valence-electron chi connectivity index (χ3n) is 3.12. The molecule has 1 N–H and O–H groups in total. The molecule has 1 fully saturated rings. The van der Waals surface area contributed by atoms with E-state index in [-0.39, 0.29) is 5.56 Å². The molecule has 0 spiro atoms. The average Bonchev–Trinajstić information content (AvgIpc) is 2.38. The summed E-state index contributed by atoms with van der Waals surface area (Å²) in [6.07, 6.45) is 2.54. The number of carboxylic acid groups (broad SMARTS) is 1. The van der Waals surface area contributed by atoms with E-state index in [9.17, 15) is 13.2 Å². The van der Waals surface area contributed by atoms with Gasteiger partial charge >= 0.3 is 5.97 Å². The first kappa shape index (κ1) is 15.3. The van der Waals surface area contributed by atoms with Crippen LogP contribution >= 0.6 is 11.8 Å². The van der Waals surface area contributed by atoms with Crippen molar-refractivity contribution < 1.29 is 18.3 Å². The lowest BCUT2D eigenvalue weighted by molar-refractivity contribution is 0.0696. The molecule has 2 heterocycles. The van der Waals surface area contributed by atoms with E-state index in [0.29, 0.717) is 24.5 Å². The van der Waals surface area contributed by atoms with Crippen LogP contribution in [0, 0.1) is 0 Å². The average molecular weight is 316 g/mol. The van der Waals surface area contributed by atoms with Crippen LogP contribution in [0.5, 0.6) is 0 Å². The van der Waals surface area contributed by atoms with Gasteiger partial charge in [-0.2, -0.15) is 11.8 Å². The smallest absolute Gasteiger partial charge is 0.337 e. The summed E-state index contributed by atoms with van der Waals surface area (Å²) in [6, 6.07) is 3.11. The van der Waals surface area contributed by atoms with Gasteiger partial charge in [0, 0.05) is 37.0 Å². The molecule has 0 bridgehead atoms. The van der Waals surface area contributed by atoms with Gasteiger partial charge < -0.3 is 5.11 Å². The van der Waals surface area contributed by atoms with Crippen LogP contribution in [0.15, 0.2) is 18.3 Å². The van der Waals surface area contributed by atoms with Crippen molar-refractivity contribution in [1.82, 2.24) is 9.88 Å². The quantitative estimate of drug-likeness (QED) is 0.874. The SMILES string of the molecule is CS(=O)(=O)C1CSCCN1Cc1ccc(C(=O)O)cn1. The van der Waals surface area contributed by atoms with Gasteiger partial charge in [0.2, 0.25) is 0 Å². The van der Waals surface area contributed by atoms with Gasteiger partial charge in [0.1, 0.15) is 5.37 Å². The Labute approximate surface area is 122 Å². The number of carbonyl (C=O) groups is 1. The molecule has 1 saturated heterocycles. The van der Waals surface area contributed by atoms with Crippen molar-refractivity contribution in [1.29, 1.82) is 0 Å². The second-order valence-corrected chi connectivity index (χ2v) is 8.03. The summed E-state index contributed by atoms with van der Waals surface area (Å²) < 4.78 is 23.6. The van der Waals surface area contributed by atoms with Gasteiger partial charge in [-0.25, -0.2) is 13.2 Å². The van der Waals surface area contributed by atoms with Gasteiger partial charge in [0.25, 0.3) is 0 Å². The first-order valence-corrected chi connectivity index (χ1v) is 9.18. The van der Waals surface area contributed by atoms with E-state index in [1.807, 2.05) is 4.90 Å². The molecule has 8 heteroatoms. The van der Waals surface area contributed by atoms with Crippen molar-refractivity contribution in [2.45, 2.75) is 11.9 Å². The Balaban J connectivity index is 2.12. The van der Waals surface area contributed by atoms with Gasteiger partial charge in [0.15, 0.2) is 9.84 Å². The number of nitrogens with zero attached hydrogens (tertiary/aromatic N) is 2.